The molecule has 10 aliphatic rings. The van der Waals surface area contributed by atoms with E-state index in [4.69, 9.17) is 19.9 Å². The zero-order valence-corrected chi connectivity index (χ0v) is 69.9. The second-order valence-electron chi connectivity index (χ2n) is 38.0. The van der Waals surface area contributed by atoms with Gasteiger partial charge in [0.2, 0.25) is 11.9 Å². The number of aromatic nitrogens is 8. The Bertz CT molecular complexity index is 8010. The van der Waals surface area contributed by atoms with E-state index >= 15 is 0 Å². The molecule has 8 saturated carbocycles. The highest BCUT2D eigenvalue weighted by molar-refractivity contribution is 6.15. The molecule has 0 amide bonds. The van der Waals surface area contributed by atoms with Gasteiger partial charge in [-0.1, -0.05) is 249 Å². The van der Waals surface area contributed by atoms with Gasteiger partial charge in [-0.2, -0.15) is 0 Å². The monoisotopic (exact) mass is 1620 g/mol. The predicted octanol–water partition coefficient (Wildman–Crippen LogP) is 29.1. The van der Waals surface area contributed by atoms with E-state index in [-0.39, 0.29) is 10.8 Å². The Morgan fingerprint density at radius 1 is 0.206 bits per heavy atom. The maximum atomic E-state index is 5.27. The van der Waals surface area contributed by atoms with Gasteiger partial charge in [-0.3, -0.25) is 9.13 Å². The van der Waals surface area contributed by atoms with Crippen LogP contribution in [0.1, 0.15) is 86.5 Å². The number of benzene rings is 15. The van der Waals surface area contributed by atoms with E-state index in [9.17, 15) is 0 Å². The molecule has 21 aromatic rings. The second kappa shape index (κ2) is 27.1. The molecular formula is C118H88N8. The Morgan fingerprint density at radius 3 is 0.889 bits per heavy atom. The molecular weight excluding hydrogens is 1530 g/mol. The van der Waals surface area contributed by atoms with Crippen LogP contribution in [0.15, 0.2) is 364 Å². The van der Waals surface area contributed by atoms with Crippen LogP contribution in [-0.2, 0) is 10.8 Å². The first-order chi connectivity index (χ1) is 62.4. The van der Waals surface area contributed by atoms with Crippen LogP contribution in [-0.4, -0.2) is 38.2 Å². The molecule has 126 heavy (non-hydrogen) atoms. The third kappa shape index (κ3) is 10.2. The zero-order chi connectivity index (χ0) is 82.2. The molecule has 0 unspecified atom stereocenters. The van der Waals surface area contributed by atoms with Gasteiger partial charge in [-0.25, -0.2) is 19.9 Å². The minimum Gasteiger partial charge on any atom is -0.309 e. The Balaban J connectivity index is 0.000000129. The zero-order valence-electron chi connectivity index (χ0n) is 69.9. The summed E-state index contributed by atoms with van der Waals surface area (Å²) in [4.78, 5) is 20.3. The molecule has 0 radical (unpaired) electrons. The van der Waals surface area contributed by atoms with Gasteiger partial charge in [0.25, 0.3) is 0 Å². The van der Waals surface area contributed by atoms with Crippen molar-refractivity contribution in [2.75, 3.05) is 0 Å². The summed E-state index contributed by atoms with van der Waals surface area (Å²) in [6.07, 6.45) is 17.9. The van der Waals surface area contributed by atoms with Crippen molar-refractivity contribution in [3.8, 4) is 101 Å². The van der Waals surface area contributed by atoms with Crippen molar-refractivity contribution in [2.45, 2.75) is 75.0 Å². The molecule has 0 N–H and O–H groups in total. The second-order valence-corrected chi connectivity index (χ2v) is 38.0. The van der Waals surface area contributed by atoms with E-state index < -0.39 is 0 Å². The minimum absolute atomic E-state index is 0.129. The highest BCUT2D eigenvalue weighted by atomic mass is 15.2. The van der Waals surface area contributed by atoms with Gasteiger partial charge in [0, 0.05) is 94.4 Å². The first kappa shape index (κ1) is 71.1. The molecule has 2 spiro atoms. The Kier molecular flexibility index (Phi) is 15.3. The molecule has 0 atom stereocenters. The molecule has 0 aliphatic heterocycles. The lowest BCUT2D eigenvalue weighted by atomic mass is 9.43. The summed E-state index contributed by atoms with van der Waals surface area (Å²) < 4.78 is 9.53. The molecule has 6 aromatic heterocycles. The fourth-order valence-electron chi connectivity index (χ4n) is 27.4. The van der Waals surface area contributed by atoms with Crippen LogP contribution in [0.4, 0.5) is 0 Å². The highest BCUT2D eigenvalue weighted by Crippen LogP contribution is 2.72. The summed E-state index contributed by atoms with van der Waals surface area (Å²) in [5.41, 5.74) is 35.4. The molecule has 8 nitrogen and oxygen atoms in total. The Hall–Kier alpha value is -14.3. The third-order valence-electron chi connectivity index (χ3n) is 31.9. The third-order valence-corrected chi connectivity index (χ3v) is 31.9. The molecule has 15 aromatic carbocycles. The van der Waals surface area contributed by atoms with Crippen LogP contribution in [0.3, 0.4) is 0 Å². The lowest BCUT2D eigenvalue weighted by Gasteiger charge is -2.61. The number of para-hydroxylation sites is 4. The molecule has 8 bridgehead atoms. The van der Waals surface area contributed by atoms with E-state index in [1.54, 1.807) is 22.3 Å². The van der Waals surface area contributed by atoms with Gasteiger partial charge in [0.05, 0.1) is 55.5 Å². The average molecular weight is 1620 g/mol. The minimum atomic E-state index is 0.129. The fraction of sp³-hybridized carbons (Fsp3) is 0.169. The van der Waals surface area contributed by atoms with Crippen molar-refractivity contribution in [1.29, 1.82) is 0 Å². The SMILES string of the molecule is c1ccc(-c2cc(-c3ccccc3)nc(-n3c4ccccc4c4cc(-c5ccc6c(c5)c5ccccc5n6-c5ccc6c(c5)C5(c7ccccc7-6)C6CC7CC(C6)CC5C7)ccc43)n2)cc1.c1ccc(-c2cnc(-n3c4ccccc4c4cc(-c5ccc6c(c5)c5ccccc5n6-c5ccc6c(c5)C5(c7ccccc7-6)C6CC7CC(C6)CC5C7)ccc43)nc2)cc1. The highest BCUT2D eigenvalue weighted by Gasteiger charge is 2.63. The van der Waals surface area contributed by atoms with Crippen LogP contribution >= 0.6 is 0 Å². The standard InChI is InChI=1S/C62H46N4.C56H42N4/c1-3-13-40(14-4-1)55-37-56(41-15-5-2-6-16-41)64-61(63-55)66-58-22-12-9-19-50(58)52-35-43(24-28-60(52)66)42-23-27-59-51(34-42)49-18-8-11-21-57(49)65(59)46-25-26-48-47-17-7-10-20-53(47)62(54(48)36-46)44-30-38-29-39(32-44)33-45(62)31-38;1-2-10-36(11-3-1)39-32-57-55(58-33-39)60-52-17-9-6-14-46(52)48-30-38(19-23-54(48)60)37-18-22-53-47(29-37)45-13-5-8-16-51(45)59(53)42-20-21-44-43-12-4-7-15-49(43)56(50(44)31-42)40-25-34-24-35(27-40)28-41(56)26-34/h1-28,34-39,44-45H,29-33H2;1-23,29-35,40-41H,24-28H2. The van der Waals surface area contributed by atoms with Crippen molar-refractivity contribution in [3.05, 3.63) is 386 Å². The first-order valence-corrected chi connectivity index (χ1v) is 45.9. The van der Waals surface area contributed by atoms with E-state index in [0.717, 1.165) is 103 Å². The lowest BCUT2D eigenvalue weighted by Crippen LogP contribution is -2.55. The summed E-state index contributed by atoms with van der Waals surface area (Å²) in [7, 11) is 0. The summed E-state index contributed by atoms with van der Waals surface area (Å²) in [6, 6.07) is 131. The summed E-state index contributed by atoms with van der Waals surface area (Å²) in [5.74, 6) is 7.97. The quantitative estimate of drug-likeness (QED) is 0.144. The number of hydrogen-bond acceptors (Lipinski definition) is 4. The van der Waals surface area contributed by atoms with E-state index in [0.29, 0.717) is 11.9 Å². The lowest BCUT2D eigenvalue weighted by molar-refractivity contribution is -0.0399. The summed E-state index contributed by atoms with van der Waals surface area (Å²) in [6.45, 7) is 0. The normalized spacial score (nSPS) is 21.9. The molecule has 0 saturated heterocycles. The largest absolute Gasteiger partial charge is 0.309 e. The maximum Gasteiger partial charge on any atom is 0.235 e. The number of fused-ring (bicyclic) bond motifs is 18. The fourth-order valence-corrected chi connectivity index (χ4v) is 27.4. The number of rotatable bonds is 9. The van der Waals surface area contributed by atoms with E-state index in [1.165, 1.54) is 185 Å². The topological polar surface area (TPSA) is 71.3 Å². The van der Waals surface area contributed by atoms with Crippen molar-refractivity contribution < 1.29 is 0 Å². The van der Waals surface area contributed by atoms with Gasteiger partial charge < -0.3 is 9.13 Å². The predicted molar refractivity (Wildman–Crippen MR) is 515 cm³/mol. The molecule has 600 valence electrons. The van der Waals surface area contributed by atoms with Crippen LogP contribution in [0, 0.1) is 47.3 Å². The smallest absolute Gasteiger partial charge is 0.235 e. The van der Waals surface area contributed by atoms with Crippen molar-refractivity contribution in [3.63, 3.8) is 0 Å². The Morgan fingerprint density at radius 2 is 0.508 bits per heavy atom. The van der Waals surface area contributed by atoms with Crippen molar-refractivity contribution in [1.82, 2.24) is 38.2 Å². The summed E-state index contributed by atoms with van der Waals surface area (Å²) in [5, 5.41) is 9.87. The van der Waals surface area contributed by atoms with Crippen LogP contribution < -0.4 is 0 Å². The van der Waals surface area contributed by atoms with Gasteiger partial charge in [-0.15, -0.1) is 0 Å². The van der Waals surface area contributed by atoms with Crippen molar-refractivity contribution >= 4 is 87.2 Å². The molecule has 8 heteroatoms. The number of hydrogen-bond donors (Lipinski definition) is 0. The van der Waals surface area contributed by atoms with Crippen LogP contribution in [0.5, 0.6) is 0 Å². The van der Waals surface area contributed by atoms with Crippen molar-refractivity contribution in [2.24, 2.45) is 47.3 Å². The van der Waals surface area contributed by atoms with Gasteiger partial charge >= 0.3 is 0 Å². The van der Waals surface area contributed by atoms with E-state index in [2.05, 4.69) is 340 Å². The van der Waals surface area contributed by atoms with Gasteiger partial charge in [0.15, 0.2) is 0 Å². The van der Waals surface area contributed by atoms with E-state index in [1.807, 2.05) is 42.7 Å². The van der Waals surface area contributed by atoms with Gasteiger partial charge in [0.1, 0.15) is 0 Å². The Labute approximate surface area is 730 Å². The average Bonchev–Trinajstić information content (AvgIpc) is 1.47. The number of nitrogens with zero attached hydrogens (tertiary/aromatic N) is 8. The van der Waals surface area contributed by atoms with Crippen LogP contribution in [0.25, 0.3) is 189 Å². The molecule has 6 heterocycles. The molecule has 31 rings (SSSR count). The molecule has 8 fully saturated rings. The van der Waals surface area contributed by atoms with Gasteiger partial charge in [-0.05, 0) is 287 Å². The van der Waals surface area contributed by atoms with Crippen LogP contribution in [0.2, 0.25) is 0 Å². The summed E-state index contributed by atoms with van der Waals surface area (Å²) >= 11 is 0. The molecule has 10 aliphatic carbocycles. The maximum absolute atomic E-state index is 5.27. The first-order valence-electron chi connectivity index (χ1n) is 45.9.